The molecule has 19 heavy (non-hydrogen) atoms. The van der Waals surface area contributed by atoms with Crippen molar-refractivity contribution in [2.24, 2.45) is 0 Å². The second-order valence-corrected chi connectivity index (χ2v) is 5.05. The van der Waals surface area contributed by atoms with E-state index in [1.807, 2.05) is 0 Å². The molecule has 0 unspecified atom stereocenters. The highest BCUT2D eigenvalue weighted by molar-refractivity contribution is 6.52. The van der Waals surface area contributed by atoms with E-state index in [1.54, 1.807) is 30.3 Å². The Labute approximate surface area is 108 Å². The summed E-state index contributed by atoms with van der Waals surface area (Å²) in [5, 5.41) is 0.784. The normalized spacial score (nSPS) is 10.8. The molecule has 0 saturated carbocycles. The quantitative estimate of drug-likeness (QED) is 0.352. The monoisotopic (exact) mass is 286 g/mol. The van der Waals surface area contributed by atoms with Gasteiger partial charge in [0.05, 0.1) is 9.52 Å². The molecule has 2 radical (unpaired) electrons. The van der Waals surface area contributed by atoms with Crippen LogP contribution in [0.25, 0.3) is 0 Å². The van der Waals surface area contributed by atoms with Gasteiger partial charge in [0.15, 0.2) is 23.3 Å². The first-order valence-corrected chi connectivity index (χ1v) is 6.52. The Morgan fingerprint density at radius 1 is 0.684 bits per heavy atom. The minimum absolute atomic E-state index is 0.0716. The molecule has 0 amide bonds. The highest BCUT2D eigenvalue weighted by Gasteiger charge is 2.25. The maximum absolute atomic E-state index is 13.4. The molecule has 0 aliphatic carbocycles. The lowest BCUT2D eigenvalue weighted by molar-refractivity contribution is 0.372. The van der Waals surface area contributed by atoms with Gasteiger partial charge in [0, 0.05) is 5.56 Å². The van der Waals surface area contributed by atoms with E-state index < -0.39 is 34.6 Å². The van der Waals surface area contributed by atoms with Gasteiger partial charge >= 0.3 is 0 Å². The molecule has 2 rings (SSSR count). The van der Waals surface area contributed by atoms with Gasteiger partial charge in [-0.15, -0.1) is 0 Å². The van der Waals surface area contributed by atoms with Crippen LogP contribution in [0.1, 0.15) is 5.56 Å². The Hall–Kier alpha value is -1.69. The molecule has 0 aromatic heterocycles. The topological polar surface area (TPSA) is 0 Å². The molecule has 0 N–H and O–H groups in total. The third-order valence-electron chi connectivity index (χ3n) is 2.54. The van der Waals surface area contributed by atoms with Crippen LogP contribution >= 0.6 is 0 Å². The summed E-state index contributed by atoms with van der Waals surface area (Å²) >= 11 is 0. The Morgan fingerprint density at radius 2 is 1.16 bits per heavy atom. The molecule has 6 heteroatoms. The van der Waals surface area contributed by atoms with Gasteiger partial charge in [-0.1, -0.05) is 35.5 Å². The Bertz CT molecular complexity index is 569. The molecule has 0 spiro atoms. The fourth-order valence-electron chi connectivity index (χ4n) is 1.55. The summed E-state index contributed by atoms with van der Waals surface area (Å²) in [5.41, 5.74) is -0.765. The molecule has 0 aliphatic heterocycles. The van der Waals surface area contributed by atoms with E-state index in [2.05, 4.69) is 0 Å². The Kier molecular flexibility index (Phi) is 3.99. The van der Waals surface area contributed by atoms with Crippen LogP contribution in [0.4, 0.5) is 22.0 Å². The number of hydrogen-bond acceptors (Lipinski definition) is 0. The number of hydrogen-bond donors (Lipinski definition) is 0. The number of benzene rings is 2. The van der Waals surface area contributed by atoms with Crippen LogP contribution in [0.5, 0.6) is 0 Å². The minimum atomic E-state index is -2.12. The lowest BCUT2D eigenvalue weighted by atomic mass is 10.2. The Morgan fingerprint density at radius 3 is 1.68 bits per heavy atom. The third kappa shape index (κ3) is 2.68. The molecule has 2 aromatic carbocycles. The van der Waals surface area contributed by atoms with Crippen LogP contribution in [0.3, 0.4) is 0 Å². The van der Waals surface area contributed by atoms with E-state index in [0.717, 1.165) is 5.19 Å². The highest BCUT2D eigenvalue weighted by Crippen LogP contribution is 2.22. The van der Waals surface area contributed by atoms with Gasteiger partial charge < -0.3 is 0 Å². The van der Waals surface area contributed by atoms with Crippen LogP contribution in [0.15, 0.2) is 30.3 Å². The van der Waals surface area contributed by atoms with Crippen molar-refractivity contribution < 1.29 is 22.0 Å². The van der Waals surface area contributed by atoms with Gasteiger partial charge in [0.25, 0.3) is 0 Å². The van der Waals surface area contributed by atoms with Crippen molar-refractivity contribution >= 4 is 14.7 Å². The van der Waals surface area contributed by atoms with Crippen LogP contribution in [0, 0.1) is 29.1 Å². The van der Waals surface area contributed by atoms with E-state index in [0.29, 0.717) is 0 Å². The van der Waals surface area contributed by atoms with Gasteiger partial charge in [-0.25, -0.2) is 22.0 Å². The molecule has 98 valence electrons. The van der Waals surface area contributed by atoms with Crippen LogP contribution in [0.2, 0.25) is 0 Å². The molecule has 0 saturated heterocycles. The average Bonchev–Trinajstić information content (AvgIpc) is 2.44. The standard InChI is InChI=1S/C13H7F5Si/c14-9-8(6-19-7-4-2-1-3-5-7)10(15)12(17)13(18)11(9)16/h1-5H,6H2. The van der Waals surface area contributed by atoms with E-state index in [9.17, 15) is 22.0 Å². The van der Waals surface area contributed by atoms with E-state index in [1.165, 1.54) is 0 Å². The lowest BCUT2D eigenvalue weighted by Gasteiger charge is -2.07. The van der Waals surface area contributed by atoms with Crippen LogP contribution < -0.4 is 5.19 Å². The molecular weight excluding hydrogens is 279 g/mol. The first-order valence-electron chi connectivity index (χ1n) is 5.31. The summed E-state index contributed by atoms with van der Waals surface area (Å²) in [6, 6.07) is 8.47. The third-order valence-corrected chi connectivity index (χ3v) is 3.82. The van der Waals surface area contributed by atoms with E-state index in [4.69, 9.17) is 0 Å². The second-order valence-electron chi connectivity index (χ2n) is 3.77. The number of halogens is 5. The molecule has 0 aliphatic rings. The molecule has 0 fully saturated rings. The fourth-order valence-corrected chi connectivity index (χ4v) is 2.67. The maximum Gasteiger partial charge on any atom is 0.200 e. The lowest BCUT2D eigenvalue weighted by Crippen LogP contribution is -2.19. The number of rotatable bonds is 3. The zero-order valence-electron chi connectivity index (χ0n) is 9.48. The van der Waals surface area contributed by atoms with E-state index >= 15 is 0 Å². The van der Waals surface area contributed by atoms with Crippen molar-refractivity contribution in [3.63, 3.8) is 0 Å². The zero-order valence-corrected chi connectivity index (χ0v) is 10.5. The summed E-state index contributed by atoms with van der Waals surface area (Å²) in [5.74, 6) is -9.42. The summed E-state index contributed by atoms with van der Waals surface area (Å²) in [6.45, 7) is 0. The van der Waals surface area contributed by atoms with Crippen molar-refractivity contribution in [1.29, 1.82) is 0 Å². The predicted molar refractivity (Wildman–Crippen MR) is 61.8 cm³/mol. The highest BCUT2D eigenvalue weighted by atomic mass is 28.2. The molecule has 2 aromatic rings. The predicted octanol–water partition coefficient (Wildman–Crippen LogP) is 2.91. The zero-order chi connectivity index (χ0) is 14.0. The smallest absolute Gasteiger partial charge is 0.200 e. The Balaban J connectivity index is 2.31. The second kappa shape index (κ2) is 5.52. The van der Waals surface area contributed by atoms with Crippen molar-refractivity contribution in [3.8, 4) is 0 Å². The van der Waals surface area contributed by atoms with Gasteiger partial charge in [0.1, 0.15) is 0 Å². The molecule has 0 bridgehead atoms. The summed E-state index contributed by atoms with van der Waals surface area (Å²) < 4.78 is 65.6. The summed E-state index contributed by atoms with van der Waals surface area (Å²) in [6.07, 6.45) is 0. The molecular formula is C13H7F5Si. The van der Waals surface area contributed by atoms with Gasteiger partial charge in [-0.3, -0.25) is 0 Å². The average molecular weight is 286 g/mol. The van der Waals surface area contributed by atoms with Gasteiger partial charge in [-0.2, -0.15) is 0 Å². The summed E-state index contributed by atoms with van der Waals surface area (Å²) in [7, 11) is -0.0716. The van der Waals surface area contributed by atoms with Gasteiger partial charge in [-0.05, 0) is 6.04 Å². The first kappa shape index (κ1) is 13.7. The van der Waals surface area contributed by atoms with Crippen molar-refractivity contribution in [2.45, 2.75) is 6.04 Å². The van der Waals surface area contributed by atoms with Crippen molar-refractivity contribution in [3.05, 3.63) is 65.0 Å². The fraction of sp³-hybridized carbons (Fsp3) is 0.0769. The minimum Gasteiger partial charge on any atom is -0.203 e. The summed E-state index contributed by atoms with van der Waals surface area (Å²) in [4.78, 5) is 0. The first-order chi connectivity index (χ1) is 9.02. The van der Waals surface area contributed by atoms with Crippen molar-refractivity contribution in [2.75, 3.05) is 0 Å². The largest absolute Gasteiger partial charge is 0.203 e. The van der Waals surface area contributed by atoms with Crippen LogP contribution in [-0.2, 0) is 6.04 Å². The van der Waals surface area contributed by atoms with Crippen molar-refractivity contribution in [1.82, 2.24) is 0 Å². The van der Waals surface area contributed by atoms with E-state index in [-0.39, 0.29) is 15.6 Å². The van der Waals surface area contributed by atoms with Gasteiger partial charge in [0.2, 0.25) is 5.82 Å². The van der Waals surface area contributed by atoms with Crippen LogP contribution in [-0.4, -0.2) is 9.52 Å². The SMILES string of the molecule is Fc1c(F)c(F)c(C[Si]c2ccccc2)c(F)c1F. The maximum atomic E-state index is 13.4. The molecule has 0 nitrogen and oxygen atoms in total. The molecule has 0 atom stereocenters. The molecule has 0 heterocycles.